The van der Waals surface area contributed by atoms with Crippen molar-refractivity contribution in [1.82, 2.24) is 15.6 Å². The van der Waals surface area contributed by atoms with Gasteiger partial charge >= 0.3 is 6.03 Å². The Kier molecular flexibility index (Phi) is 5.97. The third-order valence-corrected chi connectivity index (χ3v) is 7.09. The SMILES string of the molecule is O=C1NC(=O)N(c2cc(Cl)c(Oc3ccc(O)c(C(=O)N4C[C@@H]5CC[C@H]4C5)c3)c(Cl)c2)NC1Cl. The maximum atomic E-state index is 13.1. The third kappa shape index (κ3) is 4.13. The van der Waals surface area contributed by atoms with Gasteiger partial charge in [0, 0.05) is 12.6 Å². The van der Waals surface area contributed by atoms with Crippen LogP contribution in [0.4, 0.5) is 10.5 Å². The number of hydrogen-bond acceptors (Lipinski definition) is 6. The molecule has 1 aliphatic carbocycles. The van der Waals surface area contributed by atoms with Crippen LogP contribution in [0.5, 0.6) is 17.2 Å². The number of halogens is 3. The van der Waals surface area contributed by atoms with Gasteiger partial charge in [-0.2, -0.15) is 5.43 Å². The standard InChI is InChI=1S/C22H19Cl3N4O5/c23-15-6-12(29-22(33)26-20(31)19(25)27-29)7-16(24)18(15)34-13-3-4-17(30)14(8-13)21(32)28-9-10-1-2-11(28)5-10/h3-4,6-8,10-11,19,27,30H,1-2,5,9H2,(H,26,31,33)/t10-,11+,19?/m1/s1. The van der Waals surface area contributed by atoms with Crippen molar-refractivity contribution in [1.29, 1.82) is 0 Å². The summed E-state index contributed by atoms with van der Waals surface area (Å²) >= 11 is 18.6. The monoisotopic (exact) mass is 524 g/mol. The Labute approximate surface area is 209 Å². The number of alkyl halides is 1. The second-order valence-electron chi connectivity index (χ2n) is 8.43. The van der Waals surface area contributed by atoms with Crippen LogP contribution in [0.3, 0.4) is 0 Å². The highest BCUT2D eigenvalue weighted by Gasteiger charge is 2.41. The van der Waals surface area contributed by atoms with Crippen molar-refractivity contribution in [3.8, 4) is 17.2 Å². The van der Waals surface area contributed by atoms with Crippen LogP contribution in [0.25, 0.3) is 0 Å². The lowest BCUT2D eigenvalue weighted by Crippen LogP contribution is -2.62. The van der Waals surface area contributed by atoms with E-state index in [9.17, 15) is 19.5 Å². The number of hydrogen-bond donors (Lipinski definition) is 3. The molecule has 5 rings (SSSR count). The summed E-state index contributed by atoms with van der Waals surface area (Å²) in [6.07, 6.45) is 3.11. The minimum absolute atomic E-state index is 0.0675. The van der Waals surface area contributed by atoms with Gasteiger partial charge in [0.1, 0.15) is 11.5 Å². The van der Waals surface area contributed by atoms with Crippen molar-refractivity contribution < 1.29 is 24.2 Å². The highest BCUT2D eigenvalue weighted by molar-refractivity contribution is 6.38. The largest absolute Gasteiger partial charge is 0.507 e. The number of ether oxygens (including phenoxy) is 1. The lowest BCUT2D eigenvalue weighted by atomic mass is 10.1. The molecule has 3 N–H and O–H groups in total. The van der Waals surface area contributed by atoms with Crippen molar-refractivity contribution in [3.05, 3.63) is 45.9 Å². The second-order valence-corrected chi connectivity index (χ2v) is 9.68. The van der Waals surface area contributed by atoms with E-state index in [0.717, 1.165) is 24.3 Å². The van der Waals surface area contributed by atoms with Gasteiger partial charge in [0.15, 0.2) is 11.3 Å². The number of nitrogens with zero attached hydrogens (tertiary/aromatic N) is 2. The van der Waals surface area contributed by atoms with E-state index in [1.165, 1.54) is 30.3 Å². The van der Waals surface area contributed by atoms with Gasteiger partial charge in [-0.1, -0.05) is 34.8 Å². The van der Waals surface area contributed by atoms with Gasteiger partial charge in [-0.3, -0.25) is 14.9 Å². The van der Waals surface area contributed by atoms with Crippen LogP contribution >= 0.6 is 34.8 Å². The Morgan fingerprint density at radius 1 is 1.12 bits per heavy atom. The van der Waals surface area contributed by atoms with E-state index in [2.05, 4.69) is 10.7 Å². The van der Waals surface area contributed by atoms with E-state index in [1.807, 2.05) is 4.90 Å². The quantitative estimate of drug-likeness (QED) is 0.407. The zero-order valence-electron chi connectivity index (χ0n) is 17.6. The number of amides is 4. The van der Waals surface area contributed by atoms with Crippen LogP contribution in [-0.2, 0) is 4.79 Å². The number of phenols is 1. The van der Waals surface area contributed by atoms with Gasteiger partial charge in [0.05, 0.1) is 21.3 Å². The Morgan fingerprint density at radius 3 is 2.50 bits per heavy atom. The first-order valence-electron chi connectivity index (χ1n) is 10.6. The Hall–Kier alpha value is -2.72. The van der Waals surface area contributed by atoms with E-state index in [4.69, 9.17) is 39.5 Å². The van der Waals surface area contributed by atoms with Crippen LogP contribution < -0.4 is 20.5 Å². The average Bonchev–Trinajstić information content (AvgIpc) is 3.43. The number of anilines is 1. The molecule has 4 amide bonds. The van der Waals surface area contributed by atoms with Crippen LogP contribution in [0.1, 0.15) is 29.6 Å². The Morgan fingerprint density at radius 2 is 1.85 bits per heavy atom. The summed E-state index contributed by atoms with van der Waals surface area (Å²) in [5.41, 5.74) is 1.73. The fraction of sp³-hybridized carbons (Fsp3) is 0.318. The highest BCUT2D eigenvalue weighted by Crippen LogP contribution is 2.42. The van der Waals surface area contributed by atoms with Crippen molar-refractivity contribution in [2.24, 2.45) is 5.92 Å². The molecule has 2 heterocycles. The molecule has 3 fully saturated rings. The van der Waals surface area contributed by atoms with Gasteiger partial charge in [-0.15, -0.1) is 0 Å². The number of rotatable bonds is 4. The van der Waals surface area contributed by atoms with Gasteiger partial charge in [0.25, 0.3) is 11.8 Å². The van der Waals surface area contributed by atoms with E-state index in [-0.39, 0.29) is 50.5 Å². The van der Waals surface area contributed by atoms with Crippen molar-refractivity contribution in [3.63, 3.8) is 0 Å². The number of nitrogens with one attached hydrogen (secondary N) is 2. The first-order chi connectivity index (χ1) is 16.2. The van der Waals surface area contributed by atoms with Gasteiger partial charge in [-0.25, -0.2) is 9.80 Å². The summed E-state index contributed by atoms with van der Waals surface area (Å²) in [7, 11) is 0. The van der Waals surface area contributed by atoms with Crippen LogP contribution in [-0.4, -0.2) is 45.9 Å². The fourth-order valence-electron chi connectivity index (χ4n) is 4.62. The molecule has 3 aliphatic rings. The molecule has 1 unspecified atom stereocenters. The van der Waals surface area contributed by atoms with Gasteiger partial charge < -0.3 is 14.7 Å². The summed E-state index contributed by atoms with van der Waals surface area (Å²) in [6, 6.07) is 6.60. The molecular weight excluding hydrogens is 507 g/mol. The van der Waals surface area contributed by atoms with E-state index >= 15 is 0 Å². The number of likely N-dealkylation sites (tertiary alicyclic amines) is 1. The lowest BCUT2D eigenvalue weighted by Gasteiger charge is -2.30. The summed E-state index contributed by atoms with van der Waals surface area (Å²) in [6.45, 7) is 0.694. The molecule has 2 aromatic carbocycles. The molecular formula is C22H19Cl3N4O5. The Bertz CT molecular complexity index is 1190. The number of urea groups is 1. The predicted molar refractivity (Wildman–Crippen MR) is 126 cm³/mol. The maximum Gasteiger partial charge on any atom is 0.343 e. The average molecular weight is 526 g/mol. The lowest BCUT2D eigenvalue weighted by molar-refractivity contribution is -0.120. The number of fused-ring (bicyclic) bond motifs is 2. The molecule has 12 heteroatoms. The van der Waals surface area contributed by atoms with Crippen molar-refractivity contribution in [2.45, 2.75) is 30.8 Å². The third-order valence-electron chi connectivity index (χ3n) is 6.24. The second kappa shape index (κ2) is 8.81. The van der Waals surface area contributed by atoms with Crippen LogP contribution in [0.15, 0.2) is 30.3 Å². The molecule has 2 aliphatic heterocycles. The molecule has 178 valence electrons. The summed E-state index contributed by atoms with van der Waals surface area (Å²) in [5.74, 6) is -0.195. The van der Waals surface area contributed by atoms with Crippen LogP contribution in [0, 0.1) is 5.92 Å². The topological polar surface area (TPSA) is 111 Å². The van der Waals surface area contributed by atoms with Crippen molar-refractivity contribution >= 4 is 58.3 Å². The zero-order chi connectivity index (χ0) is 24.1. The van der Waals surface area contributed by atoms with Crippen molar-refractivity contribution in [2.75, 3.05) is 11.6 Å². The first kappa shape index (κ1) is 23.0. The van der Waals surface area contributed by atoms with E-state index in [1.54, 1.807) is 0 Å². The number of carbonyl (C=O) groups excluding carboxylic acids is 3. The molecule has 3 atom stereocenters. The number of phenolic OH excluding ortho intramolecular Hbond substituents is 1. The smallest absolute Gasteiger partial charge is 0.343 e. The molecule has 2 saturated heterocycles. The molecule has 9 nitrogen and oxygen atoms in total. The molecule has 0 spiro atoms. The summed E-state index contributed by atoms with van der Waals surface area (Å²) in [4.78, 5) is 38.5. The normalized spacial score (nSPS) is 23.9. The molecule has 0 aromatic heterocycles. The minimum atomic E-state index is -1.16. The van der Waals surface area contributed by atoms with Gasteiger partial charge in [-0.05, 0) is 55.5 Å². The summed E-state index contributed by atoms with van der Waals surface area (Å²) in [5, 5.41) is 13.6. The zero-order valence-corrected chi connectivity index (χ0v) is 19.8. The van der Waals surface area contributed by atoms with E-state index < -0.39 is 17.4 Å². The molecule has 2 aromatic rings. The van der Waals surface area contributed by atoms with Gasteiger partial charge in [0.2, 0.25) is 0 Å². The predicted octanol–water partition coefficient (Wildman–Crippen LogP) is 4.24. The number of piperidine rings is 1. The first-order valence-corrected chi connectivity index (χ1v) is 11.8. The Balaban J connectivity index is 1.38. The highest BCUT2D eigenvalue weighted by atomic mass is 35.5. The van der Waals surface area contributed by atoms with E-state index in [0.29, 0.717) is 12.5 Å². The minimum Gasteiger partial charge on any atom is -0.507 e. The number of carbonyl (C=O) groups is 3. The fourth-order valence-corrected chi connectivity index (χ4v) is 5.32. The maximum absolute atomic E-state index is 13.1. The number of benzene rings is 2. The van der Waals surface area contributed by atoms with Crippen LogP contribution in [0.2, 0.25) is 10.0 Å². The molecule has 1 saturated carbocycles. The molecule has 0 radical (unpaired) electrons. The summed E-state index contributed by atoms with van der Waals surface area (Å²) < 4.78 is 5.85. The number of imide groups is 1. The number of hydrazine groups is 1. The molecule has 2 bridgehead atoms. The molecule has 34 heavy (non-hydrogen) atoms. The number of aromatic hydroxyl groups is 1.